The van der Waals surface area contributed by atoms with Crippen molar-refractivity contribution in [2.24, 2.45) is 0 Å². The molecule has 0 aliphatic carbocycles. The second-order valence-corrected chi connectivity index (χ2v) is 18.9. The van der Waals surface area contributed by atoms with Gasteiger partial charge in [-0.2, -0.15) is 5.26 Å². The van der Waals surface area contributed by atoms with Gasteiger partial charge in [0, 0.05) is 50.5 Å². The van der Waals surface area contributed by atoms with Crippen molar-refractivity contribution in [1.29, 1.82) is 5.26 Å². The molecule has 254 valence electrons. The van der Waals surface area contributed by atoms with Crippen molar-refractivity contribution in [2.45, 2.75) is 58.0 Å². The quantitative estimate of drug-likeness (QED) is 0.106. The molecule has 1 saturated heterocycles. The van der Waals surface area contributed by atoms with E-state index in [-0.39, 0.29) is 44.0 Å². The molecule has 3 heterocycles. The summed E-state index contributed by atoms with van der Waals surface area (Å²) in [5.41, 5.74) is 0.686. The van der Waals surface area contributed by atoms with E-state index >= 15 is 8.78 Å². The lowest BCUT2D eigenvalue weighted by Gasteiger charge is -2.36. The van der Waals surface area contributed by atoms with Crippen molar-refractivity contribution in [3.05, 3.63) is 66.0 Å². The van der Waals surface area contributed by atoms with Gasteiger partial charge >= 0.3 is 6.03 Å². The molecule has 1 aliphatic rings. The number of hydrogen-bond donors (Lipinski definition) is 3. The number of fused-ring (bicyclic) bond motifs is 1. The number of benzene rings is 2. The molecular weight excluding hydrogens is 640 g/mol. The Morgan fingerprint density at radius 2 is 1.90 bits per heavy atom. The number of nitriles is 1. The second-order valence-electron chi connectivity index (χ2n) is 13.3. The van der Waals surface area contributed by atoms with E-state index in [4.69, 9.17) is 18.9 Å². The maximum absolute atomic E-state index is 15.4. The van der Waals surface area contributed by atoms with Crippen molar-refractivity contribution in [3.8, 4) is 34.4 Å². The molecule has 11 nitrogen and oxygen atoms in total. The summed E-state index contributed by atoms with van der Waals surface area (Å²) in [5, 5.41) is 25.2. The minimum Gasteiger partial charge on any atom is -0.490 e. The van der Waals surface area contributed by atoms with Crippen LogP contribution in [0.1, 0.15) is 19.4 Å². The first-order valence-corrected chi connectivity index (χ1v) is 19.2. The summed E-state index contributed by atoms with van der Waals surface area (Å²) in [6.45, 7) is 11.3. The lowest BCUT2D eigenvalue weighted by atomic mass is 10.0. The third-order valence-electron chi connectivity index (χ3n) is 7.51. The van der Waals surface area contributed by atoms with Crippen LogP contribution in [0.15, 0.2) is 48.8 Å². The van der Waals surface area contributed by atoms with Gasteiger partial charge in [-0.15, -0.1) is 0 Å². The van der Waals surface area contributed by atoms with Crippen LogP contribution in [-0.2, 0) is 16.2 Å². The van der Waals surface area contributed by atoms with E-state index in [1.807, 2.05) is 20.0 Å². The molecule has 2 amide bonds. The minimum absolute atomic E-state index is 0.0823. The van der Waals surface area contributed by atoms with Crippen molar-refractivity contribution in [3.63, 3.8) is 0 Å². The third-order valence-corrected chi connectivity index (χ3v) is 9.21. The van der Waals surface area contributed by atoms with Crippen molar-refractivity contribution in [1.82, 2.24) is 14.9 Å². The summed E-state index contributed by atoms with van der Waals surface area (Å²) < 4.78 is 55.2. The fraction of sp³-hybridized carbons (Fsp3) is 0.382. The summed E-state index contributed by atoms with van der Waals surface area (Å²) in [6, 6.07) is 10.9. The Balaban J connectivity index is 1.47. The number of nitrogens with zero attached hydrogens (tertiary/aromatic N) is 3. The molecular formula is C34H39F2N5O6Si. The Hall–Kier alpha value is -4.55. The zero-order valence-electron chi connectivity index (χ0n) is 27.5. The van der Waals surface area contributed by atoms with Crippen LogP contribution in [0.2, 0.25) is 25.7 Å². The topological polar surface area (TPSA) is 140 Å². The fourth-order valence-electron chi connectivity index (χ4n) is 4.97. The number of nitrogens with one attached hydrogen (secondary N) is 2. The van der Waals surface area contributed by atoms with Gasteiger partial charge in [0.2, 0.25) is 0 Å². The Bertz CT molecular complexity index is 1830. The highest BCUT2D eigenvalue weighted by atomic mass is 28.3. The fourth-order valence-corrected chi connectivity index (χ4v) is 5.73. The maximum Gasteiger partial charge on any atom is 0.319 e. The average Bonchev–Trinajstić information content (AvgIpc) is 3.38. The first-order valence-electron chi connectivity index (χ1n) is 15.5. The smallest absolute Gasteiger partial charge is 0.319 e. The van der Waals surface area contributed by atoms with Gasteiger partial charge in [-0.05, 0) is 43.7 Å². The Kier molecular flexibility index (Phi) is 10.3. The van der Waals surface area contributed by atoms with Crippen LogP contribution in [0.5, 0.6) is 17.2 Å². The number of rotatable bonds is 13. The highest BCUT2D eigenvalue weighted by Crippen LogP contribution is 2.41. The minimum atomic E-state index is -1.34. The van der Waals surface area contributed by atoms with Crippen LogP contribution in [0, 0.1) is 23.0 Å². The molecule has 2 aromatic heterocycles. The Morgan fingerprint density at radius 3 is 2.52 bits per heavy atom. The number of amides is 2. The molecule has 14 heteroatoms. The first-order chi connectivity index (χ1) is 22.7. The molecule has 0 spiro atoms. The summed E-state index contributed by atoms with van der Waals surface area (Å²) >= 11 is 0. The molecule has 1 aliphatic heterocycles. The predicted molar refractivity (Wildman–Crippen MR) is 179 cm³/mol. The maximum atomic E-state index is 15.4. The number of urea groups is 1. The number of carbonyl (C=O) groups excluding carboxylic acids is 1. The number of carbonyl (C=O) groups is 1. The van der Waals surface area contributed by atoms with E-state index < -0.39 is 37.1 Å². The zero-order chi connectivity index (χ0) is 34.6. The van der Waals surface area contributed by atoms with Crippen molar-refractivity contribution >= 4 is 30.8 Å². The largest absolute Gasteiger partial charge is 0.490 e. The number of pyridine rings is 1. The van der Waals surface area contributed by atoms with Crippen LogP contribution in [-0.4, -0.2) is 66.8 Å². The summed E-state index contributed by atoms with van der Waals surface area (Å²) in [4.78, 5) is 16.8. The molecule has 1 fully saturated rings. The van der Waals surface area contributed by atoms with Gasteiger partial charge in [-0.3, -0.25) is 0 Å². The molecule has 0 radical (unpaired) electrons. The molecule has 48 heavy (non-hydrogen) atoms. The standard InChI is InChI=1S/C34H39F2N5O6Si/c1-21(2)46-28-7-6-22(12-23(28)15-37)25-16-41(20-44-10-11-48(3,4)5)32-30(25)29(8-9-38-32)47-31-26(35)13-24(14-27(31)36)40-33(42)39-17-34(43)18-45-19-34/h6-9,12-14,16,21,43H,10-11,17-20H2,1-5H3,(H2,39,40,42). The van der Waals surface area contributed by atoms with E-state index in [0.717, 1.165) is 18.2 Å². The van der Waals surface area contributed by atoms with Gasteiger partial charge in [0.25, 0.3) is 0 Å². The van der Waals surface area contributed by atoms with Crippen molar-refractivity contribution < 1.29 is 37.6 Å². The molecule has 0 unspecified atom stereocenters. The lowest BCUT2D eigenvalue weighted by Crippen LogP contribution is -2.57. The molecule has 0 atom stereocenters. The lowest BCUT2D eigenvalue weighted by molar-refractivity contribution is -0.173. The van der Waals surface area contributed by atoms with Gasteiger partial charge in [-0.25, -0.2) is 18.6 Å². The molecule has 0 saturated carbocycles. The van der Waals surface area contributed by atoms with Gasteiger partial charge in [0.1, 0.15) is 35.5 Å². The summed E-state index contributed by atoms with van der Waals surface area (Å²) in [5.74, 6) is -2.25. The van der Waals surface area contributed by atoms with Gasteiger partial charge in [-0.1, -0.05) is 25.7 Å². The normalized spacial score (nSPS) is 14.0. The number of halogens is 2. The summed E-state index contributed by atoms with van der Waals surface area (Å²) in [6.07, 6.45) is 3.14. The molecule has 3 N–H and O–H groups in total. The van der Waals surface area contributed by atoms with Crippen LogP contribution >= 0.6 is 0 Å². The van der Waals surface area contributed by atoms with Crippen molar-refractivity contribution in [2.75, 3.05) is 31.7 Å². The van der Waals surface area contributed by atoms with E-state index in [0.29, 0.717) is 40.1 Å². The molecule has 5 rings (SSSR count). The Morgan fingerprint density at radius 1 is 1.17 bits per heavy atom. The second kappa shape index (κ2) is 14.3. The third kappa shape index (κ3) is 8.29. The van der Waals surface area contributed by atoms with Crippen LogP contribution < -0.4 is 20.1 Å². The SMILES string of the molecule is CC(C)Oc1ccc(-c2cn(COCC[Si](C)(C)C)c3nccc(Oc4c(F)cc(NC(=O)NCC5(O)COC5)cc4F)c23)cc1C#N. The van der Waals surface area contributed by atoms with Gasteiger partial charge in [0.05, 0.1) is 36.8 Å². The molecule has 0 bridgehead atoms. The highest BCUT2D eigenvalue weighted by Gasteiger charge is 2.36. The number of ether oxygens (including phenoxy) is 4. The number of anilines is 1. The van der Waals surface area contributed by atoms with E-state index in [2.05, 4.69) is 41.3 Å². The molecule has 2 aromatic carbocycles. The van der Waals surface area contributed by atoms with Gasteiger partial charge in [0.15, 0.2) is 17.4 Å². The Labute approximate surface area is 278 Å². The first kappa shape index (κ1) is 34.8. The highest BCUT2D eigenvalue weighted by molar-refractivity contribution is 6.76. The summed E-state index contributed by atoms with van der Waals surface area (Å²) in [7, 11) is -1.34. The van der Waals surface area contributed by atoms with Crippen LogP contribution in [0.3, 0.4) is 0 Å². The van der Waals surface area contributed by atoms with Crippen LogP contribution in [0.25, 0.3) is 22.2 Å². The average molecular weight is 680 g/mol. The van der Waals surface area contributed by atoms with E-state index in [9.17, 15) is 15.2 Å². The number of hydrogen-bond acceptors (Lipinski definition) is 8. The zero-order valence-corrected chi connectivity index (χ0v) is 28.5. The number of aromatic nitrogens is 2. The molecule has 4 aromatic rings. The monoisotopic (exact) mass is 679 g/mol. The van der Waals surface area contributed by atoms with Crippen LogP contribution in [0.4, 0.5) is 19.3 Å². The predicted octanol–water partition coefficient (Wildman–Crippen LogP) is 6.63. The van der Waals surface area contributed by atoms with E-state index in [1.54, 1.807) is 22.8 Å². The van der Waals surface area contributed by atoms with Gasteiger partial charge < -0.3 is 39.3 Å². The number of aliphatic hydroxyl groups is 1. The van der Waals surface area contributed by atoms with E-state index in [1.165, 1.54) is 12.3 Å².